The third kappa shape index (κ3) is 3.78. The van der Waals surface area contributed by atoms with E-state index in [1.165, 1.54) is 24.7 Å². The first kappa shape index (κ1) is 15.1. The Morgan fingerprint density at radius 2 is 1.89 bits per heavy atom. The second-order valence-electron chi connectivity index (χ2n) is 3.22. The molecule has 0 aliphatic rings. The van der Waals surface area contributed by atoms with Crippen molar-refractivity contribution >= 4 is 45.8 Å². The molecule has 18 heavy (non-hydrogen) atoms. The molecule has 0 heterocycles. The van der Waals surface area contributed by atoms with Crippen molar-refractivity contribution in [2.45, 2.75) is 17.4 Å². The minimum atomic E-state index is -3.97. The standard InChI is InChI=1S/C10H7Cl2NO4S/c11-9-2-1-8(5-10(9)12)18(16,17)13-7(6-15)3-4-14/h1-2,5,7,13H,3H2/t7-/m0/s1. The van der Waals surface area contributed by atoms with E-state index >= 15 is 0 Å². The normalized spacial score (nSPS) is 13.0. The van der Waals surface area contributed by atoms with Crippen LogP contribution in [0, 0.1) is 0 Å². The van der Waals surface area contributed by atoms with Gasteiger partial charge in [0.05, 0.1) is 21.0 Å². The summed E-state index contributed by atoms with van der Waals surface area (Å²) < 4.78 is 25.6. The molecule has 1 aromatic carbocycles. The maximum atomic E-state index is 11.8. The molecular formula is C10H7Cl2NO4S. The second-order valence-corrected chi connectivity index (χ2v) is 5.74. The zero-order chi connectivity index (χ0) is 13.8. The van der Waals surface area contributed by atoms with Crippen LogP contribution in [0.1, 0.15) is 6.42 Å². The van der Waals surface area contributed by atoms with Crippen molar-refractivity contribution in [1.82, 2.24) is 4.72 Å². The Hall–Kier alpha value is -0.950. The van der Waals surface area contributed by atoms with Gasteiger partial charge in [-0.3, -0.25) is 9.59 Å². The highest BCUT2D eigenvalue weighted by Gasteiger charge is 2.21. The van der Waals surface area contributed by atoms with Gasteiger partial charge in [0.2, 0.25) is 22.6 Å². The molecule has 0 amide bonds. The van der Waals surface area contributed by atoms with Crippen molar-refractivity contribution in [3.63, 3.8) is 0 Å². The number of nitrogens with one attached hydrogen (secondary N) is 1. The van der Waals surface area contributed by atoms with Gasteiger partial charge < -0.3 is 0 Å². The summed E-state index contributed by atoms with van der Waals surface area (Å²) in [5, 5.41) is 0.267. The van der Waals surface area contributed by atoms with Crippen molar-refractivity contribution in [1.29, 1.82) is 0 Å². The molecule has 0 fully saturated rings. The molecule has 1 atom stereocenters. The van der Waals surface area contributed by atoms with Crippen LogP contribution < -0.4 is 4.72 Å². The van der Waals surface area contributed by atoms with E-state index in [2.05, 4.69) is 0 Å². The molecule has 0 saturated carbocycles. The van der Waals surface area contributed by atoms with E-state index in [0.29, 0.717) is 0 Å². The van der Waals surface area contributed by atoms with Gasteiger partial charge in [0.1, 0.15) is 0 Å². The fraction of sp³-hybridized carbons (Fsp3) is 0.200. The topological polar surface area (TPSA) is 80.3 Å². The highest BCUT2D eigenvalue weighted by atomic mass is 35.5. The molecule has 0 bridgehead atoms. The Kier molecular flexibility index (Phi) is 5.28. The number of halogens is 2. The van der Waals surface area contributed by atoms with Crippen LogP contribution in [-0.4, -0.2) is 27.0 Å². The quantitative estimate of drug-likeness (QED) is 0.857. The lowest BCUT2D eigenvalue weighted by molar-refractivity contribution is 0.517. The Bertz CT molecular complexity index is 559. The molecule has 0 saturated heterocycles. The molecule has 0 spiro atoms. The van der Waals surface area contributed by atoms with Gasteiger partial charge in [0, 0.05) is 6.42 Å². The molecular weight excluding hydrogens is 301 g/mol. The molecule has 0 aliphatic heterocycles. The van der Waals surface area contributed by atoms with Gasteiger partial charge in [0.25, 0.3) is 0 Å². The zero-order valence-corrected chi connectivity index (χ0v) is 11.1. The van der Waals surface area contributed by atoms with Crippen LogP contribution in [-0.2, 0) is 19.6 Å². The van der Waals surface area contributed by atoms with E-state index in [1.54, 1.807) is 0 Å². The highest BCUT2D eigenvalue weighted by Crippen LogP contribution is 2.24. The van der Waals surface area contributed by atoms with Crippen LogP contribution in [0.15, 0.2) is 23.1 Å². The maximum absolute atomic E-state index is 11.8. The first-order valence-electron chi connectivity index (χ1n) is 4.60. The van der Waals surface area contributed by atoms with Gasteiger partial charge in [-0.1, -0.05) is 23.2 Å². The smallest absolute Gasteiger partial charge is 0.241 e. The van der Waals surface area contributed by atoms with Crippen molar-refractivity contribution in [2.75, 3.05) is 0 Å². The van der Waals surface area contributed by atoms with Gasteiger partial charge in [-0.05, 0) is 18.2 Å². The highest BCUT2D eigenvalue weighted by molar-refractivity contribution is 7.89. The van der Waals surface area contributed by atoms with E-state index in [-0.39, 0.29) is 14.9 Å². The summed E-state index contributed by atoms with van der Waals surface area (Å²) in [5.41, 5.74) is 0. The molecule has 1 aromatic rings. The van der Waals surface area contributed by atoms with E-state index in [1.807, 2.05) is 4.72 Å². The SMILES string of the molecule is O=[C]C[C@@H]([C]=O)NS(=O)(=O)c1ccc(Cl)c(Cl)c1. The van der Waals surface area contributed by atoms with Crippen LogP contribution in [0.2, 0.25) is 10.0 Å². The van der Waals surface area contributed by atoms with Crippen molar-refractivity contribution < 1.29 is 18.0 Å². The Balaban J connectivity index is 3.02. The lowest BCUT2D eigenvalue weighted by Crippen LogP contribution is -2.36. The second kappa shape index (κ2) is 6.29. The number of rotatable bonds is 6. The van der Waals surface area contributed by atoms with Gasteiger partial charge in [-0.15, -0.1) is 0 Å². The molecule has 0 aromatic heterocycles. The zero-order valence-electron chi connectivity index (χ0n) is 8.81. The monoisotopic (exact) mass is 307 g/mol. The average molecular weight is 308 g/mol. The summed E-state index contributed by atoms with van der Waals surface area (Å²) in [5.74, 6) is 0. The molecule has 5 nitrogen and oxygen atoms in total. The summed E-state index contributed by atoms with van der Waals surface area (Å²) in [6.07, 6.45) is 2.41. The third-order valence-corrected chi connectivity index (χ3v) is 4.14. The first-order chi connectivity index (χ1) is 8.40. The number of sulfonamides is 1. The van der Waals surface area contributed by atoms with Gasteiger partial charge in [-0.25, -0.2) is 8.42 Å². The number of carbonyl (C=O) groups excluding carboxylic acids is 2. The summed E-state index contributed by atoms with van der Waals surface area (Å²) in [6, 6.07) is 2.40. The lowest BCUT2D eigenvalue weighted by Gasteiger charge is -2.10. The van der Waals surface area contributed by atoms with Crippen LogP contribution in [0.3, 0.4) is 0 Å². The fourth-order valence-corrected chi connectivity index (χ4v) is 2.62. The predicted octanol–water partition coefficient (Wildman–Crippen LogP) is 1.25. The van der Waals surface area contributed by atoms with Crippen molar-refractivity contribution in [3.8, 4) is 0 Å². The largest absolute Gasteiger partial charge is 0.291 e. The molecule has 0 aliphatic carbocycles. The fourth-order valence-electron chi connectivity index (χ4n) is 1.09. The summed E-state index contributed by atoms with van der Waals surface area (Å²) in [7, 11) is -3.97. The Morgan fingerprint density at radius 1 is 1.22 bits per heavy atom. The van der Waals surface area contributed by atoms with Crippen molar-refractivity contribution in [2.24, 2.45) is 0 Å². The molecule has 0 unspecified atom stereocenters. The average Bonchev–Trinajstić information content (AvgIpc) is 2.31. The number of benzene rings is 1. The van der Waals surface area contributed by atoms with Gasteiger partial charge in [0.15, 0.2) is 0 Å². The van der Waals surface area contributed by atoms with Crippen LogP contribution in [0.5, 0.6) is 0 Å². The van der Waals surface area contributed by atoms with E-state index < -0.39 is 22.5 Å². The van der Waals surface area contributed by atoms with E-state index in [4.69, 9.17) is 23.2 Å². The molecule has 96 valence electrons. The molecule has 8 heteroatoms. The summed E-state index contributed by atoms with van der Waals surface area (Å²) in [4.78, 5) is 20.4. The summed E-state index contributed by atoms with van der Waals surface area (Å²) in [6.45, 7) is 0. The lowest BCUT2D eigenvalue weighted by atomic mass is 10.3. The van der Waals surface area contributed by atoms with Crippen LogP contribution >= 0.6 is 23.2 Å². The van der Waals surface area contributed by atoms with E-state index in [0.717, 1.165) is 6.07 Å². The Labute approximate surface area is 114 Å². The van der Waals surface area contributed by atoms with E-state index in [9.17, 15) is 18.0 Å². The molecule has 1 N–H and O–H groups in total. The maximum Gasteiger partial charge on any atom is 0.241 e. The minimum Gasteiger partial charge on any atom is -0.291 e. The minimum absolute atomic E-state index is 0.0631. The summed E-state index contributed by atoms with van der Waals surface area (Å²) >= 11 is 11.3. The first-order valence-corrected chi connectivity index (χ1v) is 6.84. The van der Waals surface area contributed by atoms with Crippen molar-refractivity contribution in [3.05, 3.63) is 28.2 Å². The van der Waals surface area contributed by atoms with Gasteiger partial charge >= 0.3 is 0 Å². The predicted molar refractivity (Wildman–Crippen MR) is 66.6 cm³/mol. The Morgan fingerprint density at radius 3 is 2.39 bits per heavy atom. The number of hydrogen-bond acceptors (Lipinski definition) is 4. The van der Waals surface area contributed by atoms with Crippen LogP contribution in [0.4, 0.5) is 0 Å². The van der Waals surface area contributed by atoms with Gasteiger partial charge in [-0.2, -0.15) is 4.72 Å². The molecule has 2 radical (unpaired) electrons. The third-order valence-electron chi connectivity index (χ3n) is 1.93. The van der Waals surface area contributed by atoms with Crippen LogP contribution in [0.25, 0.3) is 0 Å². The molecule has 1 rings (SSSR count). The number of hydrogen-bond donors (Lipinski definition) is 1.